The number of nitrogens with zero attached hydrogens (tertiary/aromatic N) is 2. The van der Waals surface area contributed by atoms with Gasteiger partial charge < -0.3 is 15.0 Å². The summed E-state index contributed by atoms with van der Waals surface area (Å²) in [5.74, 6) is 2.02. The van der Waals surface area contributed by atoms with E-state index in [-0.39, 0.29) is 5.91 Å². The second-order valence-corrected chi connectivity index (χ2v) is 6.40. The van der Waals surface area contributed by atoms with Crippen LogP contribution >= 0.6 is 0 Å². The fraction of sp³-hybridized carbons (Fsp3) is 0.400. The molecule has 132 valence electrons. The molecule has 1 fully saturated rings. The molecule has 2 aromatic rings. The van der Waals surface area contributed by atoms with Gasteiger partial charge in [-0.15, -0.1) is 0 Å². The zero-order valence-corrected chi connectivity index (χ0v) is 14.9. The molecular formula is C20H25N3O2. The van der Waals surface area contributed by atoms with Crippen molar-refractivity contribution >= 4 is 11.7 Å². The van der Waals surface area contributed by atoms with Crippen LogP contribution in [0, 0.1) is 0 Å². The molecule has 25 heavy (non-hydrogen) atoms. The van der Waals surface area contributed by atoms with Crippen molar-refractivity contribution in [2.45, 2.75) is 25.2 Å². The number of hydrogen-bond acceptors (Lipinski definition) is 4. The molecule has 5 nitrogen and oxygen atoms in total. The zero-order valence-electron chi connectivity index (χ0n) is 14.9. The normalized spacial score (nSPS) is 17.7. The SMILES string of the molecule is CNc1cc(C(=O)N2CCCCC(c3ccc(OC)cc3)C2)ccn1. The van der Waals surface area contributed by atoms with Crippen molar-refractivity contribution in [1.82, 2.24) is 9.88 Å². The van der Waals surface area contributed by atoms with Gasteiger partial charge in [0.2, 0.25) is 0 Å². The van der Waals surface area contributed by atoms with E-state index in [0.29, 0.717) is 17.3 Å². The molecule has 0 saturated carbocycles. The van der Waals surface area contributed by atoms with Crippen LogP contribution in [0.2, 0.25) is 0 Å². The average Bonchev–Trinajstić information content (AvgIpc) is 2.94. The van der Waals surface area contributed by atoms with Crippen molar-refractivity contribution in [1.29, 1.82) is 0 Å². The van der Waals surface area contributed by atoms with Crippen molar-refractivity contribution in [3.05, 3.63) is 53.7 Å². The van der Waals surface area contributed by atoms with Crippen molar-refractivity contribution < 1.29 is 9.53 Å². The number of aromatic nitrogens is 1. The lowest BCUT2D eigenvalue weighted by Gasteiger charge is -2.25. The highest BCUT2D eigenvalue weighted by molar-refractivity contribution is 5.94. The minimum absolute atomic E-state index is 0.0827. The van der Waals surface area contributed by atoms with Crippen LogP contribution < -0.4 is 10.1 Å². The van der Waals surface area contributed by atoms with E-state index in [4.69, 9.17) is 4.74 Å². The van der Waals surface area contributed by atoms with E-state index in [9.17, 15) is 4.79 Å². The van der Waals surface area contributed by atoms with Gasteiger partial charge in [0.05, 0.1) is 7.11 Å². The highest BCUT2D eigenvalue weighted by Crippen LogP contribution is 2.28. The number of amides is 1. The average molecular weight is 339 g/mol. The molecule has 0 spiro atoms. The molecule has 0 aliphatic carbocycles. The monoisotopic (exact) mass is 339 g/mol. The second-order valence-electron chi connectivity index (χ2n) is 6.40. The molecule has 3 rings (SSSR count). The van der Waals surface area contributed by atoms with Crippen LogP contribution in [0.25, 0.3) is 0 Å². The highest BCUT2D eigenvalue weighted by atomic mass is 16.5. The number of anilines is 1. The minimum atomic E-state index is 0.0827. The smallest absolute Gasteiger partial charge is 0.254 e. The van der Waals surface area contributed by atoms with Crippen LogP contribution in [0.5, 0.6) is 5.75 Å². The maximum absolute atomic E-state index is 12.9. The Kier molecular flexibility index (Phi) is 5.53. The van der Waals surface area contributed by atoms with Crippen LogP contribution in [0.3, 0.4) is 0 Å². The molecule has 1 amide bonds. The van der Waals surface area contributed by atoms with Crippen molar-refractivity contribution in [2.24, 2.45) is 0 Å². The van der Waals surface area contributed by atoms with E-state index in [1.165, 1.54) is 5.56 Å². The molecule has 1 aromatic carbocycles. The summed E-state index contributed by atoms with van der Waals surface area (Å²) in [4.78, 5) is 19.1. The van der Waals surface area contributed by atoms with Crippen molar-refractivity contribution in [2.75, 3.05) is 32.6 Å². The number of nitrogens with one attached hydrogen (secondary N) is 1. The van der Waals surface area contributed by atoms with Gasteiger partial charge in [0.25, 0.3) is 5.91 Å². The Morgan fingerprint density at radius 1 is 1.24 bits per heavy atom. The van der Waals surface area contributed by atoms with E-state index in [0.717, 1.165) is 38.1 Å². The summed E-state index contributed by atoms with van der Waals surface area (Å²) in [7, 11) is 3.48. The topological polar surface area (TPSA) is 54.5 Å². The van der Waals surface area contributed by atoms with Gasteiger partial charge in [0.15, 0.2) is 0 Å². The lowest BCUT2D eigenvalue weighted by molar-refractivity contribution is 0.0754. The summed E-state index contributed by atoms with van der Waals surface area (Å²) in [5.41, 5.74) is 1.96. The fourth-order valence-electron chi connectivity index (χ4n) is 3.36. The van der Waals surface area contributed by atoms with Gasteiger partial charge in [0, 0.05) is 37.8 Å². The molecule has 1 aliphatic heterocycles. The number of hydrogen-bond donors (Lipinski definition) is 1. The molecule has 0 radical (unpaired) electrons. The molecule has 1 unspecified atom stereocenters. The van der Waals surface area contributed by atoms with Gasteiger partial charge >= 0.3 is 0 Å². The summed E-state index contributed by atoms with van der Waals surface area (Å²) in [6.07, 6.45) is 4.97. The Labute approximate surface area is 149 Å². The van der Waals surface area contributed by atoms with Crippen LogP contribution in [0.4, 0.5) is 5.82 Å². The molecule has 1 saturated heterocycles. The number of carbonyl (C=O) groups excluding carboxylic acids is 1. The molecule has 1 aromatic heterocycles. The van der Waals surface area contributed by atoms with Crippen LogP contribution in [-0.4, -0.2) is 43.0 Å². The molecular weight excluding hydrogens is 314 g/mol. The Hall–Kier alpha value is -2.56. The Morgan fingerprint density at radius 2 is 2.04 bits per heavy atom. The summed E-state index contributed by atoms with van der Waals surface area (Å²) >= 11 is 0. The largest absolute Gasteiger partial charge is 0.497 e. The van der Waals surface area contributed by atoms with Crippen LogP contribution in [0.15, 0.2) is 42.6 Å². The van der Waals surface area contributed by atoms with Gasteiger partial charge in [-0.05, 0) is 42.7 Å². The zero-order chi connectivity index (χ0) is 17.6. The maximum atomic E-state index is 12.9. The van der Waals surface area contributed by atoms with Crippen molar-refractivity contribution in [3.63, 3.8) is 0 Å². The number of methoxy groups -OCH3 is 1. The van der Waals surface area contributed by atoms with Gasteiger partial charge in [-0.1, -0.05) is 18.6 Å². The fourth-order valence-corrected chi connectivity index (χ4v) is 3.36. The number of likely N-dealkylation sites (tertiary alicyclic amines) is 1. The van der Waals surface area contributed by atoms with E-state index in [1.54, 1.807) is 19.4 Å². The third-order valence-electron chi connectivity index (χ3n) is 4.81. The molecule has 2 heterocycles. The number of rotatable bonds is 4. The number of carbonyl (C=O) groups is 1. The Balaban J connectivity index is 1.77. The van der Waals surface area contributed by atoms with Gasteiger partial charge in [-0.25, -0.2) is 4.98 Å². The second kappa shape index (κ2) is 8.01. The van der Waals surface area contributed by atoms with Crippen molar-refractivity contribution in [3.8, 4) is 5.75 Å². The Morgan fingerprint density at radius 3 is 2.76 bits per heavy atom. The number of ether oxygens (including phenoxy) is 1. The van der Waals surface area contributed by atoms with Gasteiger partial charge in [0.1, 0.15) is 11.6 Å². The molecule has 1 N–H and O–H groups in total. The number of pyridine rings is 1. The maximum Gasteiger partial charge on any atom is 0.254 e. The Bertz CT molecular complexity index is 715. The van der Waals surface area contributed by atoms with E-state index >= 15 is 0 Å². The van der Waals surface area contributed by atoms with E-state index < -0.39 is 0 Å². The lowest BCUT2D eigenvalue weighted by Crippen LogP contribution is -2.34. The first-order chi connectivity index (χ1) is 12.2. The van der Waals surface area contributed by atoms with Gasteiger partial charge in [-0.2, -0.15) is 0 Å². The first kappa shape index (κ1) is 17.3. The van der Waals surface area contributed by atoms with E-state index in [1.807, 2.05) is 30.1 Å². The summed E-state index contributed by atoms with van der Waals surface area (Å²) in [6, 6.07) is 11.8. The predicted octanol–water partition coefficient (Wildman–Crippen LogP) is 3.54. The molecule has 1 atom stereocenters. The first-order valence-corrected chi connectivity index (χ1v) is 8.78. The first-order valence-electron chi connectivity index (χ1n) is 8.78. The van der Waals surface area contributed by atoms with Crippen LogP contribution in [-0.2, 0) is 0 Å². The summed E-state index contributed by atoms with van der Waals surface area (Å²) in [6.45, 7) is 1.56. The van der Waals surface area contributed by atoms with E-state index in [2.05, 4.69) is 22.4 Å². The quantitative estimate of drug-likeness (QED) is 0.926. The molecule has 5 heteroatoms. The third-order valence-corrected chi connectivity index (χ3v) is 4.81. The lowest BCUT2D eigenvalue weighted by atomic mass is 9.94. The number of benzene rings is 1. The highest BCUT2D eigenvalue weighted by Gasteiger charge is 2.24. The standard InChI is InChI=1S/C20H25N3O2/c1-21-19-13-16(10-11-22-19)20(24)23-12-4-3-5-17(14-23)15-6-8-18(25-2)9-7-15/h6-11,13,17H,3-5,12,14H2,1-2H3,(H,21,22). The predicted molar refractivity (Wildman–Crippen MR) is 99.3 cm³/mol. The summed E-state index contributed by atoms with van der Waals surface area (Å²) in [5, 5.41) is 2.99. The minimum Gasteiger partial charge on any atom is -0.497 e. The molecule has 0 bridgehead atoms. The summed E-state index contributed by atoms with van der Waals surface area (Å²) < 4.78 is 5.24. The van der Waals surface area contributed by atoms with Crippen LogP contribution in [0.1, 0.15) is 41.1 Å². The molecule has 1 aliphatic rings. The third kappa shape index (κ3) is 4.10. The van der Waals surface area contributed by atoms with Gasteiger partial charge in [-0.3, -0.25) is 4.79 Å².